The molecule has 0 nitrogen and oxygen atoms in total. The Kier molecular flexibility index (Phi) is 3.90. The van der Waals surface area contributed by atoms with Gasteiger partial charge < -0.3 is 0 Å². The SMILES string of the molecule is CCC1=C(C(C)(C)C2=C(CC)CC=C2C)C(C)=CC1. The van der Waals surface area contributed by atoms with Crippen LogP contribution in [0.25, 0.3) is 0 Å². The summed E-state index contributed by atoms with van der Waals surface area (Å²) in [4.78, 5) is 0. The summed E-state index contributed by atoms with van der Waals surface area (Å²) in [5, 5.41) is 0. The van der Waals surface area contributed by atoms with Gasteiger partial charge in [0.25, 0.3) is 0 Å². The van der Waals surface area contributed by atoms with Crippen LogP contribution in [0.5, 0.6) is 0 Å². The van der Waals surface area contributed by atoms with E-state index < -0.39 is 0 Å². The number of hydrogen-bond donors (Lipinski definition) is 0. The first-order valence-electron chi connectivity index (χ1n) is 7.72. The van der Waals surface area contributed by atoms with Crippen molar-refractivity contribution in [2.45, 2.75) is 67.2 Å². The molecule has 0 fully saturated rings. The largest absolute Gasteiger partial charge is 0.0772 e. The lowest BCUT2D eigenvalue weighted by Gasteiger charge is -2.33. The summed E-state index contributed by atoms with van der Waals surface area (Å²) in [6, 6.07) is 0. The fourth-order valence-corrected chi connectivity index (χ4v) is 4.16. The van der Waals surface area contributed by atoms with Gasteiger partial charge in [0.15, 0.2) is 0 Å². The first kappa shape index (κ1) is 14.4. The molecule has 0 spiro atoms. The molecule has 0 unspecified atom stereocenters. The number of rotatable bonds is 4. The molecule has 104 valence electrons. The molecule has 0 radical (unpaired) electrons. The summed E-state index contributed by atoms with van der Waals surface area (Å²) in [6.07, 6.45) is 9.53. The van der Waals surface area contributed by atoms with Gasteiger partial charge in [-0.25, -0.2) is 0 Å². The smallest absolute Gasteiger partial charge is 0.0150 e. The Balaban J connectivity index is 2.54. The maximum atomic E-state index is 2.42. The average Bonchev–Trinajstić information content (AvgIpc) is 2.92. The molecule has 2 aliphatic carbocycles. The van der Waals surface area contributed by atoms with E-state index >= 15 is 0 Å². The molecule has 0 heteroatoms. The van der Waals surface area contributed by atoms with Gasteiger partial charge in [0.05, 0.1) is 0 Å². The van der Waals surface area contributed by atoms with Crippen LogP contribution in [0.15, 0.2) is 45.6 Å². The van der Waals surface area contributed by atoms with Gasteiger partial charge >= 0.3 is 0 Å². The highest BCUT2D eigenvalue weighted by Crippen LogP contribution is 2.50. The Bertz CT molecular complexity index is 458. The zero-order chi connectivity index (χ0) is 14.2. The quantitative estimate of drug-likeness (QED) is 0.568. The molecule has 0 amide bonds. The second-order valence-electron chi connectivity index (χ2n) is 6.47. The zero-order valence-electron chi connectivity index (χ0n) is 13.5. The summed E-state index contributed by atoms with van der Waals surface area (Å²) in [6.45, 7) is 14.0. The van der Waals surface area contributed by atoms with Gasteiger partial charge in [-0.2, -0.15) is 0 Å². The minimum absolute atomic E-state index is 0.171. The third-order valence-electron chi connectivity index (χ3n) is 4.91. The molecule has 0 aromatic heterocycles. The van der Waals surface area contributed by atoms with E-state index in [1.165, 1.54) is 36.8 Å². The van der Waals surface area contributed by atoms with Crippen LogP contribution >= 0.6 is 0 Å². The molecule has 0 aromatic carbocycles. The van der Waals surface area contributed by atoms with E-state index in [4.69, 9.17) is 0 Å². The summed E-state index contributed by atoms with van der Waals surface area (Å²) in [5.41, 5.74) is 9.70. The second kappa shape index (κ2) is 5.15. The molecule has 0 heterocycles. The normalized spacial score (nSPS) is 20.3. The fraction of sp³-hybridized carbons (Fsp3) is 0.579. The molecule has 0 aliphatic heterocycles. The highest BCUT2D eigenvalue weighted by molar-refractivity contribution is 5.56. The molecule has 19 heavy (non-hydrogen) atoms. The monoisotopic (exact) mass is 256 g/mol. The van der Waals surface area contributed by atoms with Crippen LogP contribution in [0.2, 0.25) is 0 Å². The van der Waals surface area contributed by atoms with Crippen molar-refractivity contribution < 1.29 is 0 Å². The van der Waals surface area contributed by atoms with Crippen LogP contribution in [0, 0.1) is 5.41 Å². The highest BCUT2D eigenvalue weighted by Gasteiger charge is 2.35. The van der Waals surface area contributed by atoms with Gasteiger partial charge in [-0.15, -0.1) is 0 Å². The van der Waals surface area contributed by atoms with Crippen molar-refractivity contribution in [3.8, 4) is 0 Å². The minimum Gasteiger partial charge on any atom is -0.0772 e. The molecule has 2 aliphatic rings. The van der Waals surface area contributed by atoms with E-state index in [0.29, 0.717) is 0 Å². The molecule has 0 aromatic rings. The van der Waals surface area contributed by atoms with Crippen LogP contribution in [0.3, 0.4) is 0 Å². The van der Waals surface area contributed by atoms with Crippen molar-refractivity contribution in [1.82, 2.24) is 0 Å². The van der Waals surface area contributed by atoms with Crippen LogP contribution in [0.4, 0.5) is 0 Å². The van der Waals surface area contributed by atoms with Crippen molar-refractivity contribution in [3.63, 3.8) is 0 Å². The second-order valence-corrected chi connectivity index (χ2v) is 6.47. The topological polar surface area (TPSA) is 0 Å². The Morgan fingerprint density at radius 3 is 1.53 bits per heavy atom. The molecule has 0 atom stereocenters. The Labute approximate surface area is 119 Å². The third-order valence-corrected chi connectivity index (χ3v) is 4.91. The predicted octanol–water partition coefficient (Wildman–Crippen LogP) is 6.13. The van der Waals surface area contributed by atoms with Gasteiger partial charge in [0, 0.05) is 5.41 Å². The lowest BCUT2D eigenvalue weighted by Crippen LogP contribution is -2.20. The molecule has 0 saturated carbocycles. The van der Waals surface area contributed by atoms with Crippen LogP contribution in [-0.4, -0.2) is 0 Å². The van der Waals surface area contributed by atoms with E-state index in [0.717, 1.165) is 0 Å². The van der Waals surface area contributed by atoms with Crippen molar-refractivity contribution in [3.05, 3.63) is 45.6 Å². The maximum absolute atomic E-state index is 2.42. The lowest BCUT2D eigenvalue weighted by molar-refractivity contribution is 0.540. The van der Waals surface area contributed by atoms with Crippen molar-refractivity contribution in [2.75, 3.05) is 0 Å². The minimum atomic E-state index is 0.171. The Morgan fingerprint density at radius 2 is 1.21 bits per heavy atom. The van der Waals surface area contributed by atoms with Crippen LogP contribution in [-0.2, 0) is 0 Å². The molecule has 2 rings (SSSR count). The molecular weight excluding hydrogens is 228 g/mol. The summed E-state index contributed by atoms with van der Waals surface area (Å²) in [5.74, 6) is 0. The van der Waals surface area contributed by atoms with Crippen molar-refractivity contribution >= 4 is 0 Å². The average molecular weight is 256 g/mol. The molecule has 0 bridgehead atoms. The molecular formula is C19H28. The van der Waals surface area contributed by atoms with E-state index in [-0.39, 0.29) is 5.41 Å². The lowest BCUT2D eigenvalue weighted by atomic mass is 9.70. The van der Waals surface area contributed by atoms with E-state index in [1.807, 2.05) is 0 Å². The number of allylic oxidation sites excluding steroid dienone is 8. The first-order chi connectivity index (χ1) is 8.93. The van der Waals surface area contributed by atoms with Gasteiger partial charge in [0.1, 0.15) is 0 Å². The van der Waals surface area contributed by atoms with Crippen LogP contribution < -0.4 is 0 Å². The maximum Gasteiger partial charge on any atom is 0.0150 e. The van der Waals surface area contributed by atoms with Crippen molar-refractivity contribution in [1.29, 1.82) is 0 Å². The molecule has 0 N–H and O–H groups in total. The Hall–Kier alpha value is -1.04. The van der Waals surface area contributed by atoms with Gasteiger partial charge in [-0.3, -0.25) is 0 Å². The first-order valence-corrected chi connectivity index (χ1v) is 7.72. The van der Waals surface area contributed by atoms with E-state index in [2.05, 4.69) is 53.7 Å². The molecule has 0 saturated heterocycles. The fourth-order valence-electron chi connectivity index (χ4n) is 4.16. The summed E-state index contributed by atoms with van der Waals surface area (Å²) >= 11 is 0. The van der Waals surface area contributed by atoms with Crippen LogP contribution in [0.1, 0.15) is 67.2 Å². The van der Waals surface area contributed by atoms with Gasteiger partial charge in [-0.1, -0.05) is 62.1 Å². The van der Waals surface area contributed by atoms with Gasteiger partial charge in [0.2, 0.25) is 0 Å². The summed E-state index contributed by atoms with van der Waals surface area (Å²) < 4.78 is 0. The standard InChI is InChI=1S/C19H28/c1-7-15-11-9-13(3)17(15)19(5,6)18-14(4)10-12-16(18)8-2/h9-10H,7-8,11-12H2,1-6H3. The van der Waals surface area contributed by atoms with E-state index in [1.54, 1.807) is 22.3 Å². The van der Waals surface area contributed by atoms with E-state index in [9.17, 15) is 0 Å². The zero-order valence-corrected chi connectivity index (χ0v) is 13.5. The highest BCUT2D eigenvalue weighted by atomic mass is 14.4. The van der Waals surface area contributed by atoms with Crippen molar-refractivity contribution in [2.24, 2.45) is 5.41 Å². The summed E-state index contributed by atoms with van der Waals surface area (Å²) in [7, 11) is 0. The third kappa shape index (κ3) is 2.26. The predicted molar refractivity (Wildman–Crippen MR) is 85.2 cm³/mol. The number of hydrogen-bond acceptors (Lipinski definition) is 0. The van der Waals surface area contributed by atoms with Gasteiger partial charge in [-0.05, 0) is 50.7 Å². The Morgan fingerprint density at radius 1 is 0.842 bits per heavy atom.